The van der Waals surface area contributed by atoms with Crippen molar-refractivity contribution >= 4 is 17.4 Å². The maximum Gasteiger partial charge on any atom is 0.132 e. The molecule has 2 aromatic rings. The predicted octanol–water partition coefficient (Wildman–Crippen LogP) is 4.00. The smallest absolute Gasteiger partial charge is 0.132 e. The molecule has 2 nitrogen and oxygen atoms in total. The Labute approximate surface area is 112 Å². The van der Waals surface area contributed by atoms with Crippen molar-refractivity contribution in [2.24, 2.45) is 0 Å². The molecule has 0 atom stereocenters. The largest absolute Gasteiger partial charge is 0.357 e. The van der Waals surface area contributed by atoms with Crippen molar-refractivity contribution in [1.82, 2.24) is 4.98 Å². The van der Waals surface area contributed by atoms with Crippen LogP contribution in [-0.4, -0.2) is 18.1 Å². The summed E-state index contributed by atoms with van der Waals surface area (Å²) in [4.78, 5) is 6.74. The second kappa shape index (κ2) is 4.99. The number of hydrogen-bond acceptors (Lipinski definition) is 2. The standard InChI is InChI=1S/C15H15ClN2/c16-14-10-13(12-6-2-1-3-7-12)11-15(17-14)18-8-4-5-9-18/h1-3,6-7,10-11H,4-5,8-9H2. The van der Waals surface area contributed by atoms with Crippen molar-refractivity contribution in [3.05, 3.63) is 47.6 Å². The zero-order chi connectivity index (χ0) is 12.4. The summed E-state index contributed by atoms with van der Waals surface area (Å²) in [6.45, 7) is 2.17. The maximum absolute atomic E-state index is 6.14. The van der Waals surface area contributed by atoms with Gasteiger partial charge in [-0.1, -0.05) is 41.9 Å². The van der Waals surface area contributed by atoms with E-state index in [1.165, 1.54) is 18.4 Å². The average molecular weight is 259 g/mol. The van der Waals surface area contributed by atoms with Crippen molar-refractivity contribution < 1.29 is 0 Å². The van der Waals surface area contributed by atoms with Gasteiger partial charge in [-0.3, -0.25) is 0 Å². The fourth-order valence-electron chi connectivity index (χ4n) is 2.39. The van der Waals surface area contributed by atoms with Crippen LogP contribution in [0.2, 0.25) is 5.15 Å². The van der Waals surface area contributed by atoms with Gasteiger partial charge in [-0.25, -0.2) is 4.98 Å². The first-order valence-electron chi connectivity index (χ1n) is 6.31. The molecule has 1 fully saturated rings. The minimum absolute atomic E-state index is 0.568. The average Bonchev–Trinajstić information content (AvgIpc) is 2.93. The second-order valence-corrected chi connectivity index (χ2v) is 4.98. The van der Waals surface area contributed by atoms with Crippen molar-refractivity contribution in [2.45, 2.75) is 12.8 Å². The number of aromatic nitrogens is 1. The summed E-state index contributed by atoms with van der Waals surface area (Å²) in [5.74, 6) is 0.999. The number of pyridine rings is 1. The molecule has 2 heterocycles. The molecule has 1 aliphatic heterocycles. The SMILES string of the molecule is Clc1cc(-c2ccccc2)cc(N2CCCC2)n1. The molecule has 1 saturated heterocycles. The third kappa shape index (κ3) is 2.34. The summed E-state index contributed by atoms with van der Waals surface area (Å²) in [5.41, 5.74) is 2.32. The molecule has 3 rings (SSSR count). The summed E-state index contributed by atoms with van der Waals surface area (Å²) in [5, 5.41) is 0.568. The Morgan fingerprint density at radius 2 is 1.67 bits per heavy atom. The molecule has 18 heavy (non-hydrogen) atoms. The summed E-state index contributed by atoms with van der Waals surface area (Å²) < 4.78 is 0. The van der Waals surface area contributed by atoms with E-state index in [0.717, 1.165) is 24.5 Å². The van der Waals surface area contributed by atoms with Gasteiger partial charge in [-0.15, -0.1) is 0 Å². The molecular formula is C15H15ClN2. The fraction of sp³-hybridized carbons (Fsp3) is 0.267. The van der Waals surface area contributed by atoms with Gasteiger partial charge in [0.1, 0.15) is 11.0 Å². The molecule has 0 saturated carbocycles. The zero-order valence-electron chi connectivity index (χ0n) is 10.1. The van der Waals surface area contributed by atoms with Crippen LogP contribution in [0, 0.1) is 0 Å². The Morgan fingerprint density at radius 3 is 2.39 bits per heavy atom. The monoisotopic (exact) mass is 258 g/mol. The Hall–Kier alpha value is -1.54. The van der Waals surface area contributed by atoms with Crippen molar-refractivity contribution in [3.8, 4) is 11.1 Å². The van der Waals surface area contributed by atoms with Gasteiger partial charge in [0.2, 0.25) is 0 Å². The van der Waals surface area contributed by atoms with E-state index in [9.17, 15) is 0 Å². The lowest BCUT2D eigenvalue weighted by Crippen LogP contribution is -2.18. The molecule has 0 spiro atoms. The van der Waals surface area contributed by atoms with Crippen molar-refractivity contribution in [3.63, 3.8) is 0 Å². The van der Waals surface area contributed by atoms with Crippen LogP contribution in [0.5, 0.6) is 0 Å². The van der Waals surface area contributed by atoms with Crippen molar-refractivity contribution in [2.75, 3.05) is 18.0 Å². The maximum atomic E-state index is 6.14. The molecule has 0 bridgehead atoms. The fourth-order valence-corrected chi connectivity index (χ4v) is 2.59. The number of halogens is 1. The number of hydrogen-bond donors (Lipinski definition) is 0. The Kier molecular flexibility index (Phi) is 3.20. The van der Waals surface area contributed by atoms with Crippen LogP contribution in [0.1, 0.15) is 12.8 Å². The van der Waals surface area contributed by atoms with Crippen LogP contribution < -0.4 is 4.90 Å². The molecule has 0 radical (unpaired) electrons. The normalized spacial score (nSPS) is 15.1. The van der Waals surface area contributed by atoms with E-state index < -0.39 is 0 Å². The molecule has 3 heteroatoms. The van der Waals surface area contributed by atoms with Gasteiger partial charge in [-0.05, 0) is 36.1 Å². The first-order chi connectivity index (χ1) is 8.83. The van der Waals surface area contributed by atoms with Gasteiger partial charge in [0.15, 0.2) is 0 Å². The topological polar surface area (TPSA) is 16.1 Å². The number of rotatable bonds is 2. The number of nitrogens with zero attached hydrogens (tertiary/aromatic N) is 2. The second-order valence-electron chi connectivity index (χ2n) is 4.60. The van der Waals surface area contributed by atoms with Crippen LogP contribution in [0.25, 0.3) is 11.1 Å². The van der Waals surface area contributed by atoms with E-state index in [1.54, 1.807) is 0 Å². The molecule has 1 aromatic carbocycles. The highest BCUT2D eigenvalue weighted by molar-refractivity contribution is 6.29. The molecule has 92 valence electrons. The number of anilines is 1. The van der Waals surface area contributed by atoms with E-state index in [4.69, 9.17) is 11.6 Å². The highest BCUT2D eigenvalue weighted by atomic mass is 35.5. The van der Waals surface area contributed by atoms with E-state index in [-0.39, 0.29) is 0 Å². The van der Waals surface area contributed by atoms with E-state index in [2.05, 4.69) is 28.1 Å². The first-order valence-corrected chi connectivity index (χ1v) is 6.69. The van der Waals surface area contributed by atoms with Crippen molar-refractivity contribution in [1.29, 1.82) is 0 Å². The minimum atomic E-state index is 0.568. The molecule has 0 aliphatic carbocycles. The predicted molar refractivity (Wildman–Crippen MR) is 76.1 cm³/mol. The molecule has 0 unspecified atom stereocenters. The first kappa shape index (κ1) is 11.5. The Morgan fingerprint density at radius 1 is 0.944 bits per heavy atom. The minimum Gasteiger partial charge on any atom is -0.357 e. The van der Waals surface area contributed by atoms with Gasteiger partial charge in [0, 0.05) is 13.1 Å². The summed E-state index contributed by atoms with van der Waals surface area (Å²) in [6, 6.07) is 14.4. The number of benzene rings is 1. The lowest BCUT2D eigenvalue weighted by molar-refractivity contribution is 0.938. The highest BCUT2D eigenvalue weighted by Gasteiger charge is 2.15. The Balaban J connectivity index is 2.00. The van der Waals surface area contributed by atoms with Gasteiger partial charge < -0.3 is 4.90 Å². The molecule has 1 aliphatic rings. The van der Waals surface area contributed by atoms with Crippen LogP contribution in [-0.2, 0) is 0 Å². The van der Waals surface area contributed by atoms with Crippen LogP contribution >= 0.6 is 11.6 Å². The van der Waals surface area contributed by atoms with Gasteiger partial charge in [0.25, 0.3) is 0 Å². The Bertz CT molecular complexity index is 533. The third-order valence-corrected chi connectivity index (χ3v) is 3.51. The molecule has 0 N–H and O–H groups in total. The zero-order valence-corrected chi connectivity index (χ0v) is 10.9. The lowest BCUT2D eigenvalue weighted by atomic mass is 10.1. The van der Waals surface area contributed by atoms with E-state index in [1.807, 2.05) is 24.3 Å². The third-order valence-electron chi connectivity index (χ3n) is 3.32. The molecule has 1 aromatic heterocycles. The summed E-state index contributed by atoms with van der Waals surface area (Å²) in [7, 11) is 0. The highest BCUT2D eigenvalue weighted by Crippen LogP contribution is 2.27. The van der Waals surface area contributed by atoms with Gasteiger partial charge in [0.05, 0.1) is 0 Å². The van der Waals surface area contributed by atoms with Crippen LogP contribution in [0.4, 0.5) is 5.82 Å². The summed E-state index contributed by atoms with van der Waals surface area (Å²) >= 11 is 6.14. The lowest BCUT2D eigenvalue weighted by Gasteiger charge is -2.17. The van der Waals surface area contributed by atoms with Crippen LogP contribution in [0.3, 0.4) is 0 Å². The molecular weight excluding hydrogens is 244 g/mol. The van der Waals surface area contributed by atoms with E-state index in [0.29, 0.717) is 5.15 Å². The van der Waals surface area contributed by atoms with E-state index >= 15 is 0 Å². The van der Waals surface area contributed by atoms with Gasteiger partial charge in [-0.2, -0.15) is 0 Å². The molecule has 0 amide bonds. The van der Waals surface area contributed by atoms with Gasteiger partial charge >= 0.3 is 0 Å². The van der Waals surface area contributed by atoms with Crippen LogP contribution in [0.15, 0.2) is 42.5 Å². The summed E-state index contributed by atoms with van der Waals surface area (Å²) in [6.07, 6.45) is 2.49. The quantitative estimate of drug-likeness (QED) is 0.757.